The van der Waals surface area contributed by atoms with E-state index >= 15 is 0 Å². The van der Waals surface area contributed by atoms with Crippen LogP contribution in [-0.4, -0.2) is 34.5 Å². The van der Waals surface area contributed by atoms with E-state index in [2.05, 4.69) is 10.1 Å². The summed E-state index contributed by atoms with van der Waals surface area (Å²) in [6.45, 7) is 3.02. The van der Waals surface area contributed by atoms with Crippen LogP contribution in [0.4, 0.5) is 0 Å². The van der Waals surface area contributed by atoms with E-state index in [-0.39, 0.29) is 4.90 Å². The first kappa shape index (κ1) is 16.6. The number of rotatable bonds is 6. The van der Waals surface area contributed by atoms with Crippen molar-refractivity contribution in [3.63, 3.8) is 0 Å². The van der Waals surface area contributed by atoms with E-state index in [1.165, 1.54) is 10.5 Å². The lowest BCUT2D eigenvalue weighted by atomic mass is 10.1. The molecule has 0 spiro atoms. The van der Waals surface area contributed by atoms with Gasteiger partial charge in [-0.05, 0) is 23.4 Å². The third-order valence-corrected chi connectivity index (χ3v) is 5.69. The van der Waals surface area contributed by atoms with E-state index in [9.17, 15) is 8.42 Å². The molecule has 6 nitrogen and oxygen atoms in total. The van der Waals surface area contributed by atoms with E-state index in [4.69, 9.17) is 0 Å². The van der Waals surface area contributed by atoms with Crippen LogP contribution in [0.1, 0.15) is 18.9 Å². The lowest BCUT2D eigenvalue weighted by Gasteiger charge is -2.17. The Bertz CT molecular complexity index is 945. The molecule has 0 aliphatic heterocycles. The number of nitrogens with zero attached hydrogens (tertiary/aromatic N) is 4. The van der Waals surface area contributed by atoms with Crippen molar-refractivity contribution in [2.45, 2.75) is 31.3 Å². The molecule has 3 aromatic rings. The molecule has 0 bridgehead atoms. The predicted octanol–water partition coefficient (Wildman–Crippen LogP) is 2.66. The van der Waals surface area contributed by atoms with Gasteiger partial charge in [0.05, 0.1) is 6.20 Å². The summed E-state index contributed by atoms with van der Waals surface area (Å²) in [5.74, 6) is 0. The molecular formula is C17H20N4O2S. The molecule has 1 aromatic carbocycles. The highest BCUT2D eigenvalue weighted by atomic mass is 32.2. The van der Waals surface area contributed by atoms with E-state index in [0.29, 0.717) is 13.1 Å². The third kappa shape index (κ3) is 3.18. The molecule has 2 heterocycles. The fourth-order valence-corrected chi connectivity index (χ4v) is 3.77. The Balaban J connectivity index is 1.88. The molecule has 0 radical (unpaired) electrons. The number of hydrogen-bond donors (Lipinski definition) is 0. The van der Waals surface area contributed by atoms with E-state index in [1.807, 2.05) is 31.2 Å². The monoisotopic (exact) mass is 344 g/mol. The minimum absolute atomic E-state index is 0.223. The first-order valence-corrected chi connectivity index (χ1v) is 9.27. The maximum atomic E-state index is 12.8. The molecule has 3 rings (SSSR count). The van der Waals surface area contributed by atoms with Crippen LogP contribution in [0.2, 0.25) is 0 Å². The molecular weight excluding hydrogens is 324 g/mol. The van der Waals surface area contributed by atoms with Crippen molar-refractivity contribution >= 4 is 20.8 Å². The minimum Gasteiger partial charge on any atom is -0.271 e. The Morgan fingerprint density at radius 2 is 2.04 bits per heavy atom. The summed E-state index contributed by atoms with van der Waals surface area (Å²) in [6, 6.07) is 7.73. The van der Waals surface area contributed by atoms with Gasteiger partial charge in [0, 0.05) is 44.1 Å². The number of fused-ring (bicyclic) bond motifs is 1. The lowest BCUT2D eigenvalue weighted by molar-refractivity contribution is 0.467. The van der Waals surface area contributed by atoms with E-state index in [0.717, 1.165) is 22.8 Å². The highest BCUT2D eigenvalue weighted by molar-refractivity contribution is 7.89. The zero-order valence-electron chi connectivity index (χ0n) is 13.8. The standard InChI is InChI=1S/C17H20N4O2S/c1-3-9-21-13-16(11-19-21)24(22,23)20(2)12-15-6-4-5-14-10-18-8-7-17(14)15/h4-8,10-11,13H,3,9,12H2,1-2H3. The quantitative estimate of drug-likeness (QED) is 0.689. The normalized spacial score (nSPS) is 12.1. The highest BCUT2D eigenvalue weighted by Crippen LogP contribution is 2.22. The second-order valence-electron chi connectivity index (χ2n) is 5.71. The van der Waals surface area contributed by atoms with Gasteiger partial charge < -0.3 is 0 Å². The van der Waals surface area contributed by atoms with Gasteiger partial charge in [0.15, 0.2) is 0 Å². The maximum Gasteiger partial charge on any atom is 0.246 e. The van der Waals surface area contributed by atoms with Gasteiger partial charge in [-0.2, -0.15) is 9.40 Å². The fraction of sp³-hybridized carbons (Fsp3) is 0.294. The zero-order valence-corrected chi connectivity index (χ0v) is 14.6. The molecule has 0 N–H and O–H groups in total. The van der Waals surface area contributed by atoms with Gasteiger partial charge in [-0.25, -0.2) is 8.42 Å². The van der Waals surface area contributed by atoms with Crippen molar-refractivity contribution in [3.8, 4) is 0 Å². The fourth-order valence-electron chi connectivity index (χ4n) is 2.66. The number of aryl methyl sites for hydroxylation is 1. The van der Waals surface area contributed by atoms with Crippen molar-refractivity contribution in [1.29, 1.82) is 0 Å². The van der Waals surface area contributed by atoms with Crippen LogP contribution in [0.5, 0.6) is 0 Å². The van der Waals surface area contributed by atoms with Gasteiger partial charge >= 0.3 is 0 Å². The Labute approximate surface area is 141 Å². The molecule has 0 aliphatic carbocycles. The lowest BCUT2D eigenvalue weighted by Crippen LogP contribution is -2.26. The van der Waals surface area contributed by atoms with Gasteiger partial charge in [-0.15, -0.1) is 0 Å². The number of aromatic nitrogens is 3. The summed E-state index contributed by atoms with van der Waals surface area (Å²) >= 11 is 0. The Morgan fingerprint density at radius 3 is 2.83 bits per heavy atom. The highest BCUT2D eigenvalue weighted by Gasteiger charge is 2.23. The summed E-state index contributed by atoms with van der Waals surface area (Å²) in [4.78, 5) is 4.33. The van der Waals surface area contributed by atoms with Gasteiger partial charge in [0.1, 0.15) is 4.90 Å². The van der Waals surface area contributed by atoms with Crippen molar-refractivity contribution in [1.82, 2.24) is 19.1 Å². The molecule has 7 heteroatoms. The number of hydrogen-bond acceptors (Lipinski definition) is 4. The van der Waals surface area contributed by atoms with Crippen LogP contribution in [0.15, 0.2) is 53.9 Å². The van der Waals surface area contributed by atoms with Gasteiger partial charge in [0.2, 0.25) is 10.0 Å². The molecule has 24 heavy (non-hydrogen) atoms. The summed E-state index contributed by atoms with van der Waals surface area (Å²) < 4.78 is 28.5. The van der Waals surface area contributed by atoms with E-state index in [1.54, 1.807) is 30.3 Å². The van der Waals surface area contributed by atoms with Crippen molar-refractivity contribution < 1.29 is 8.42 Å². The second kappa shape index (κ2) is 6.70. The molecule has 0 fully saturated rings. The molecule has 0 saturated carbocycles. The van der Waals surface area contributed by atoms with Crippen LogP contribution in [0.25, 0.3) is 10.8 Å². The molecule has 0 amide bonds. The molecule has 0 aliphatic rings. The first-order valence-electron chi connectivity index (χ1n) is 7.83. The van der Waals surface area contributed by atoms with Crippen LogP contribution in [0, 0.1) is 0 Å². The summed E-state index contributed by atoms with van der Waals surface area (Å²) in [5, 5.41) is 6.12. The molecule has 0 atom stereocenters. The van der Waals surface area contributed by atoms with Crippen LogP contribution in [-0.2, 0) is 23.1 Å². The van der Waals surface area contributed by atoms with E-state index < -0.39 is 10.0 Å². The van der Waals surface area contributed by atoms with Crippen LogP contribution in [0.3, 0.4) is 0 Å². The SMILES string of the molecule is CCCn1cc(S(=O)(=O)N(C)Cc2cccc3cnccc23)cn1. The Hall–Kier alpha value is -2.25. The molecule has 126 valence electrons. The number of pyridine rings is 1. The van der Waals surface area contributed by atoms with Gasteiger partial charge in [-0.3, -0.25) is 9.67 Å². The molecule has 0 unspecified atom stereocenters. The van der Waals surface area contributed by atoms with Crippen molar-refractivity contribution in [3.05, 3.63) is 54.6 Å². The van der Waals surface area contributed by atoms with Gasteiger partial charge in [-0.1, -0.05) is 25.1 Å². The second-order valence-corrected chi connectivity index (χ2v) is 7.76. The smallest absolute Gasteiger partial charge is 0.246 e. The average molecular weight is 344 g/mol. The number of sulfonamides is 1. The van der Waals surface area contributed by atoms with Crippen molar-refractivity contribution in [2.75, 3.05) is 7.05 Å². The summed E-state index contributed by atoms with van der Waals surface area (Å²) in [6.07, 6.45) is 7.40. The zero-order chi connectivity index (χ0) is 17.2. The average Bonchev–Trinajstić information content (AvgIpc) is 3.05. The Kier molecular flexibility index (Phi) is 4.64. The molecule has 0 saturated heterocycles. The van der Waals surface area contributed by atoms with Crippen molar-refractivity contribution in [2.24, 2.45) is 0 Å². The summed E-state index contributed by atoms with van der Waals surface area (Å²) in [5.41, 5.74) is 0.946. The third-order valence-electron chi connectivity index (χ3n) is 3.93. The first-order chi connectivity index (χ1) is 11.5. The maximum absolute atomic E-state index is 12.8. The summed E-state index contributed by atoms with van der Waals surface area (Å²) in [7, 11) is -1.98. The van der Waals surface area contributed by atoms with Crippen LogP contribution < -0.4 is 0 Å². The minimum atomic E-state index is -3.57. The molecule has 2 aromatic heterocycles. The number of benzene rings is 1. The van der Waals surface area contributed by atoms with Gasteiger partial charge in [0.25, 0.3) is 0 Å². The largest absolute Gasteiger partial charge is 0.271 e. The predicted molar refractivity (Wildman–Crippen MR) is 92.9 cm³/mol. The Morgan fingerprint density at radius 1 is 1.21 bits per heavy atom. The van der Waals surface area contributed by atoms with Crippen LogP contribution >= 0.6 is 0 Å². The topological polar surface area (TPSA) is 68.1 Å².